The summed E-state index contributed by atoms with van der Waals surface area (Å²) in [6, 6.07) is 7.98. The zero-order valence-corrected chi connectivity index (χ0v) is 20.6. The molecule has 6 nitrogen and oxygen atoms in total. The third-order valence-electron chi connectivity index (χ3n) is 6.88. The van der Waals surface area contributed by atoms with Gasteiger partial charge in [-0.05, 0) is 61.4 Å². The van der Waals surface area contributed by atoms with Crippen molar-refractivity contribution in [2.45, 2.75) is 46.0 Å². The van der Waals surface area contributed by atoms with Crippen molar-refractivity contribution in [2.75, 3.05) is 38.2 Å². The molecule has 2 aromatic heterocycles. The summed E-state index contributed by atoms with van der Waals surface area (Å²) in [5.74, 6) is 3.62. The summed E-state index contributed by atoms with van der Waals surface area (Å²) in [4.78, 5) is 29.5. The highest BCUT2D eigenvalue weighted by atomic mass is 32.1. The highest BCUT2D eigenvalue weighted by Gasteiger charge is 2.28. The highest BCUT2D eigenvalue weighted by Crippen LogP contribution is 2.42. The van der Waals surface area contributed by atoms with E-state index in [-0.39, 0.29) is 5.91 Å². The number of anilines is 1. The SMILES string of the molecule is CCCC(=O)N1CCN(c2nc(-c3ccc(OC)cc3)nc3sc4c(c23)CCC(C)C4)CC1. The predicted octanol–water partition coefficient (Wildman–Crippen LogP) is 4.94. The van der Waals surface area contributed by atoms with E-state index in [1.54, 1.807) is 7.11 Å². The Morgan fingerprint density at radius 3 is 2.61 bits per heavy atom. The molecule has 33 heavy (non-hydrogen) atoms. The van der Waals surface area contributed by atoms with Gasteiger partial charge in [0.2, 0.25) is 5.91 Å². The van der Waals surface area contributed by atoms with Crippen LogP contribution in [0.3, 0.4) is 0 Å². The Bertz CT molecular complexity index is 1150. The van der Waals surface area contributed by atoms with Crippen LogP contribution in [0.1, 0.15) is 43.6 Å². The van der Waals surface area contributed by atoms with Crippen molar-refractivity contribution in [1.29, 1.82) is 0 Å². The first-order valence-electron chi connectivity index (χ1n) is 12.1. The van der Waals surface area contributed by atoms with Crippen molar-refractivity contribution in [1.82, 2.24) is 14.9 Å². The van der Waals surface area contributed by atoms with Crippen molar-refractivity contribution < 1.29 is 9.53 Å². The van der Waals surface area contributed by atoms with Crippen molar-refractivity contribution in [2.24, 2.45) is 5.92 Å². The van der Waals surface area contributed by atoms with E-state index in [0.717, 1.165) is 79.1 Å². The molecule has 2 aliphatic rings. The van der Waals surface area contributed by atoms with Crippen LogP contribution in [0.25, 0.3) is 21.6 Å². The van der Waals surface area contributed by atoms with Gasteiger partial charge in [-0.15, -0.1) is 11.3 Å². The normalized spacial score (nSPS) is 18.5. The van der Waals surface area contributed by atoms with Crippen LogP contribution in [0.4, 0.5) is 5.82 Å². The molecule has 7 heteroatoms. The van der Waals surface area contributed by atoms with Crippen molar-refractivity contribution in [3.05, 3.63) is 34.7 Å². The third-order valence-corrected chi connectivity index (χ3v) is 8.03. The first kappa shape index (κ1) is 22.1. The number of thiophene rings is 1. The molecule has 1 fully saturated rings. The zero-order chi connectivity index (χ0) is 22.9. The number of aromatic nitrogens is 2. The lowest BCUT2D eigenvalue weighted by atomic mass is 9.89. The third kappa shape index (κ3) is 4.31. The smallest absolute Gasteiger partial charge is 0.222 e. The van der Waals surface area contributed by atoms with E-state index in [9.17, 15) is 4.79 Å². The molecule has 3 aromatic rings. The molecular weight excluding hydrogens is 432 g/mol. The van der Waals surface area contributed by atoms with Gasteiger partial charge in [0.15, 0.2) is 5.82 Å². The predicted molar refractivity (Wildman–Crippen MR) is 134 cm³/mol. The molecule has 0 spiro atoms. The van der Waals surface area contributed by atoms with E-state index in [4.69, 9.17) is 14.7 Å². The molecule has 174 valence electrons. The summed E-state index contributed by atoms with van der Waals surface area (Å²) in [5, 5.41) is 1.24. The summed E-state index contributed by atoms with van der Waals surface area (Å²) in [6.07, 6.45) is 4.99. The molecule has 1 atom stereocenters. The Morgan fingerprint density at radius 1 is 1.15 bits per heavy atom. The van der Waals surface area contributed by atoms with Crippen molar-refractivity contribution in [3.8, 4) is 17.1 Å². The summed E-state index contributed by atoms with van der Waals surface area (Å²) in [7, 11) is 1.68. The van der Waals surface area contributed by atoms with Gasteiger partial charge in [0.1, 0.15) is 16.4 Å². The summed E-state index contributed by atoms with van der Waals surface area (Å²) in [5.41, 5.74) is 2.45. The number of piperazine rings is 1. The van der Waals surface area contributed by atoms with E-state index in [2.05, 4.69) is 18.7 Å². The van der Waals surface area contributed by atoms with E-state index in [0.29, 0.717) is 6.42 Å². The second-order valence-electron chi connectivity index (χ2n) is 9.25. The van der Waals surface area contributed by atoms with Crippen LogP contribution >= 0.6 is 11.3 Å². The number of benzene rings is 1. The van der Waals surface area contributed by atoms with Crippen LogP contribution in [0.5, 0.6) is 5.75 Å². The minimum absolute atomic E-state index is 0.269. The maximum absolute atomic E-state index is 12.4. The number of carbonyl (C=O) groups is 1. The maximum Gasteiger partial charge on any atom is 0.222 e. The lowest BCUT2D eigenvalue weighted by molar-refractivity contribution is -0.131. The number of fused-ring (bicyclic) bond motifs is 3. The van der Waals surface area contributed by atoms with E-state index in [1.807, 2.05) is 40.5 Å². The van der Waals surface area contributed by atoms with Crippen LogP contribution < -0.4 is 9.64 Å². The topological polar surface area (TPSA) is 58.6 Å². The Balaban J connectivity index is 1.54. The Labute approximate surface area is 199 Å². The van der Waals surface area contributed by atoms with Gasteiger partial charge in [-0.25, -0.2) is 9.97 Å². The van der Waals surface area contributed by atoms with Gasteiger partial charge in [0.05, 0.1) is 12.5 Å². The Morgan fingerprint density at radius 2 is 1.91 bits per heavy atom. The Kier molecular flexibility index (Phi) is 6.23. The fourth-order valence-electron chi connectivity index (χ4n) is 4.96. The quantitative estimate of drug-likeness (QED) is 0.535. The van der Waals surface area contributed by atoms with Gasteiger partial charge in [-0.3, -0.25) is 4.79 Å². The summed E-state index contributed by atoms with van der Waals surface area (Å²) < 4.78 is 5.33. The van der Waals surface area contributed by atoms with Gasteiger partial charge in [-0.1, -0.05) is 13.8 Å². The van der Waals surface area contributed by atoms with Crippen LogP contribution in [-0.2, 0) is 17.6 Å². The minimum atomic E-state index is 0.269. The molecule has 1 aliphatic carbocycles. The molecule has 0 N–H and O–H groups in total. The Hall–Kier alpha value is -2.67. The van der Waals surface area contributed by atoms with E-state index in [1.165, 1.54) is 22.2 Å². The number of hydrogen-bond donors (Lipinski definition) is 0. The summed E-state index contributed by atoms with van der Waals surface area (Å²) >= 11 is 1.84. The number of amides is 1. The lowest BCUT2D eigenvalue weighted by Gasteiger charge is -2.36. The number of methoxy groups -OCH3 is 1. The molecule has 1 amide bonds. The van der Waals surface area contributed by atoms with Crippen LogP contribution in [0.15, 0.2) is 24.3 Å². The largest absolute Gasteiger partial charge is 0.497 e. The first-order chi connectivity index (χ1) is 16.1. The minimum Gasteiger partial charge on any atom is -0.497 e. The molecule has 1 aromatic carbocycles. The average molecular weight is 465 g/mol. The molecular formula is C26H32N4O2S. The fourth-order valence-corrected chi connectivity index (χ4v) is 6.34. The second-order valence-corrected chi connectivity index (χ2v) is 10.3. The van der Waals surface area contributed by atoms with Crippen LogP contribution in [-0.4, -0.2) is 54.1 Å². The van der Waals surface area contributed by atoms with Gasteiger partial charge in [0, 0.05) is 43.0 Å². The summed E-state index contributed by atoms with van der Waals surface area (Å²) in [6.45, 7) is 7.54. The molecule has 1 unspecified atom stereocenters. The molecule has 5 rings (SSSR count). The number of ether oxygens (including phenoxy) is 1. The van der Waals surface area contributed by atoms with Gasteiger partial charge >= 0.3 is 0 Å². The molecule has 0 bridgehead atoms. The molecule has 0 radical (unpaired) electrons. The molecule has 0 saturated carbocycles. The standard InChI is InChI=1S/C26H32N4O2S/c1-4-5-22(31)29-12-14-30(15-13-29)25-23-20-11-6-17(2)16-21(20)33-26(23)28-24(27-25)18-7-9-19(32-3)10-8-18/h7-10,17H,4-6,11-16H2,1-3H3. The van der Waals surface area contributed by atoms with Crippen LogP contribution in [0.2, 0.25) is 0 Å². The lowest BCUT2D eigenvalue weighted by Crippen LogP contribution is -2.49. The van der Waals surface area contributed by atoms with E-state index < -0.39 is 0 Å². The fraction of sp³-hybridized carbons (Fsp3) is 0.500. The number of aryl methyl sites for hydroxylation is 1. The number of hydrogen-bond acceptors (Lipinski definition) is 6. The monoisotopic (exact) mass is 464 g/mol. The number of rotatable bonds is 5. The van der Waals surface area contributed by atoms with Gasteiger partial charge in [0.25, 0.3) is 0 Å². The van der Waals surface area contributed by atoms with Crippen molar-refractivity contribution in [3.63, 3.8) is 0 Å². The number of nitrogens with zero attached hydrogens (tertiary/aromatic N) is 4. The maximum atomic E-state index is 12.4. The van der Waals surface area contributed by atoms with Gasteiger partial charge < -0.3 is 14.5 Å². The molecule has 3 heterocycles. The molecule has 1 saturated heterocycles. The van der Waals surface area contributed by atoms with Crippen molar-refractivity contribution >= 4 is 33.3 Å². The highest BCUT2D eigenvalue weighted by molar-refractivity contribution is 7.19. The average Bonchev–Trinajstić information content (AvgIpc) is 3.21. The van der Waals surface area contributed by atoms with E-state index >= 15 is 0 Å². The first-order valence-corrected chi connectivity index (χ1v) is 12.9. The van der Waals surface area contributed by atoms with Crippen LogP contribution in [0, 0.1) is 5.92 Å². The molecule has 1 aliphatic heterocycles. The second kappa shape index (κ2) is 9.29. The zero-order valence-electron chi connectivity index (χ0n) is 19.8. The number of carbonyl (C=O) groups excluding carboxylic acids is 1. The van der Waals surface area contributed by atoms with Gasteiger partial charge in [-0.2, -0.15) is 0 Å².